The lowest BCUT2D eigenvalue weighted by Gasteiger charge is -2.25. The standard InChI is InChI=1S/C11H18O2/c1-6(12-2)7-3-4-8-9(7)5-10-11(8)13-10/h6-11H,3-5H2,1-2H3. The second-order valence-corrected chi connectivity index (χ2v) is 4.88. The van der Waals surface area contributed by atoms with Crippen LogP contribution in [0.25, 0.3) is 0 Å². The molecule has 0 aromatic carbocycles. The van der Waals surface area contributed by atoms with Crippen molar-refractivity contribution in [3.63, 3.8) is 0 Å². The third kappa shape index (κ3) is 1.08. The first-order valence-electron chi connectivity index (χ1n) is 5.49. The molecule has 2 aliphatic carbocycles. The van der Waals surface area contributed by atoms with Crippen molar-refractivity contribution >= 4 is 0 Å². The van der Waals surface area contributed by atoms with Gasteiger partial charge in [-0.3, -0.25) is 0 Å². The van der Waals surface area contributed by atoms with E-state index in [-0.39, 0.29) is 0 Å². The number of epoxide rings is 1. The van der Waals surface area contributed by atoms with Gasteiger partial charge in [0.2, 0.25) is 0 Å². The molecule has 0 amide bonds. The molecule has 2 saturated carbocycles. The van der Waals surface area contributed by atoms with E-state index < -0.39 is 0 Å². The van der Waals surface area contributed by atoms with Gasteiger partial charge in [-0.1, -0.05) is 0 Å². The number of hydrogen-bond acceptors (Lipinski definition) is 2. The fourth-order valence-corrected chi connectivity index (χ4v) is 3.64. The van der Waals surface area contributed by atoms with E-state index in [1.54, 1.807) is 0 Å². The van der Waals surface area contributed by atoms with Crippen LogP contribution in [-0.2, 0) is 9.47 Å². The molecule has 2 heteroatoms. The van der Waals surface area contributed by atoms with Gasteiger partial charge in [-0.25, -0.2) is 0 Å². The van der Waals surface area contributed by atoms with Gasteiger partial charge in [-0.15, -0.1) is 0 Å². The van der Waals surface area contributed by atoms with Gasteiger partial charge in [0.05, 0.1) is 18.3 Å². The Morgan fingerprint density at radius 2 is 2.15 bits per heavy atom. The summed E-state index contributed by atoms with van der Waals surface area (Å²) in [5.74, 6) is 2.61. The quantitative estimate of drug-likeness (QED) is 0.608. The third-order valence-electron chi connectivity index (χ3n) is 4.46. The first-order chi connectivity index (χ1) is 6.31. The summed E-state index contributed by atoms with van der Waals surface area (Å²) >= 11 is 0. The van der Waals surface area contributed by atoms with Crippen LogP contribution in [0, 0.1) is 17.8 Å². The van der Waals surface area contributed by atoms with E-state index in [1.165, 1.54) is 19.3 Å². The lowest BCUT2D eigenvalue weighted by atomic mass is 9.88. The average molecular weight is 182 g/mol. The van der Waals surface area contributed by atoms with Crippen molar-refractivity contribution in [2.75, 3.05) is 7.11 Å². The van der Waals surface area contributed by atoms with Crippen molar-refractivity contribution in [1.82, 2.24) is 0 Å². The van der Waals surface area contributed by atoms with Crippen LogP contribution in [-0.4, -0.2) is 25.4 Å². The summed E-state index contributed by atoms with van der Waals surface area (Å²) in [4.78, 5) is 0. The van der Waals surface area contributed by atoms with Crippen molar-refractivity contribution in [2.24, 2.45) is 17.8 Å². The van der Waals surface area contributed by atoms with Crippen LogP contribution in [0.2, 0.25) is 0 Å². The van der Waals surface area contributed by atoms with Gasteiger partial charge in [-0.2, -0.15) is 0 Å². The van der Waals surface area contributed by atoms with E-state index >= 15 is 0 Å². The molecule has 2 nitrogen and oxygen atoms in total. The predicted molar refractivity (Wildman–Crippen MR) is 49.5 cm³/mol. The van der Waals surface area contributed by atoms with Crippen LogP contribution < -0.4 is 0 Å². The Morgan fingerprint density at radius 1 is 1.31 bits per heavy atom. The highest BCUT2D eigenvalue weighted by Gasteiger charge is 2.59. The maximum absolute atomic E-state index is 5.59. The highest BCUT2D eigenvalue weighted by atomic mass is 16.6. The van der Waals surface area contributed by atoms with Crippen LogP contribution >= 0.6 is 0 Å². The fraction of sp³-hybridized carbons (Fsp3) is 1.00. The molecule has 0 spiro atoms. The molecule has 0 aromatic heterocycles. The summed E-state index contributed by atoms with van der Waals surface area (Å²) in [6.07, 6.45) is 5.79. The maximum Gasteiger partial charge on any atom is 0.0872 e. The van der Waals surface area contributed by atoms with E-state index in [0.717, 1.165) is 17.8 Å². The molecule has 3 fully saturated rings. The van der Waals surface area contributed by atoms with Crippen LogP contribution in [0.4, 0.5) is 0 Å². The van der Waals surface area contributed by atoms with E-state index in [2.05, 4.69) is 6.92 Å². The summed E-state index contributed by atoms with van der Waals surface area (Å²) in [7, 11) is 1.84. The monoisotopic (exact) mass is 182 g/mol. The number of ether oxygens (including phenoxy) is 2. The molecule has 6 unspecified atom stereocenters. The first-order valence-corrected chi connectivity index (χ1v) is 5.49. The third-order valence-corrected chi connectivity index (χ3v) is 4.46. The minimum Gasteiger partial charge on any atom is -0.381 e. The lowest BCUT2D eigenvalue weighted by molar-refractivity contribution is 0.0397. The highest BCUT2D eigenvalue weighted by Crippen LogP contribution is 2.57. The van der Waals surface area contributed by atoms with Gasteiger partial charge in [0.25, 0.3) is 0 Å². The minimum atomic E-state index is 0.451. The predicted octanol–water partition coefficient (Wildman–Crippen LogP) is 1.83. The van der Waals surface area contributed by atoms with E-state index in [4.69, 9.17) is 9.47 Å². The summed E-state index contributed by atoms with van der Waals surface area (Å²) in [6, 6.07) is 0. The van der Waals surface area contributed by atoms with Gasteiger partial charge in [0.1, 0.15) is 0 Å². The Morgan fingerprint density at radius 3 is 2.92 bits per heavy atom. The Balaban J connectivity index is 1.72. The zero-order valence-electron chi connectivity index (χ0n) is 8.40. The normalized spacial score (nSPS) is 54.5. The molecule has 3 aliphatic rings. The molecular weight excluding hydrogens is 164 g/mol. The molecule has 0 radical (unpaired) electrons. The molecule has 0 aromatic rings. The van der Waals surface area contributed by atoms with Crippen molar-refractivity contribution in [3.05, 3.63) is 0 Å². The number of methoxy groups -OCH3 is 1. The summed E-state index contributed by atoms with van der Waals surface area (Å²) in [5, 5.41) is 0. The van der Waals surface area contributed by atoms with Crippen LogP contribution in [0.15, 0.2) is 0 Å². The van der Waals surface area contributed by atoms with Crippen LogP contribution in [0.3, 0.4) is 0 Å². The SMILES string of the molecule is COC(C)C1CCC2C1CC1OC12. The van der Waals surface area contributed by atoms with Crippen LogP contribution in [0.5, 0.6) is 0 Å². The zero-order chi connectivity index (χ0) is 9.00. The van der Waals surface area contributed by atoms with Gasteiger partial charge in [0, 0.05) is 7.11 Å². The summed E-state index contributed by atoms with van der Waals surface area (Å²) in [5.41, 5.74) is 0. The Kier molecular flexibility index (Phi) is 1.72. The second kappa shape index (κ2) is 2.71. The lowest BCUT2D eigenvalue weighted by Crippen LogP contribution is -2.25. The van der Waals surface area contributed by atoms with Crippen molar-refractivity contribution in [2.45, 2.75) is 44.5 Å². The van der Waals surface area contributed by atoms with E-state index in [0.29, 0.717) is 18.3 Å². The molecule has 6 atom stereocenters. The largest absolute Gasteiger partial charge is 0.381 e. The Bertz CT molecular complexity index is 216. The number of rotatable bonds is 2. The molecule has 1 aliphatic heterocycles. The van der Waals surface area contributed by atoms with E-state index in [9.17, 15) is 0 Å². The first kappa shape index (κ1) is 8.25. The smallest absolute Gasteiger partial charge is 0.0872 e. The average Bonchev–Trinajstić information content (AvgIpc) is 2.63. The van der Waals surface area contributed by atoms with Crippen molar-refractivity contribution < 1.29 is 9.47 Å². The van der Waals surface area contributed by atoms with Gasteiger partial charge < -0.3 is 9.47 Å². The Labute approximate surface area is 79.6 Å². The Hall–Kier alpha value is -0.0800. The van der Waals surface area contributed by atoms with Crippen molar-refractivity contribution in [1.29, 1.82) is 0 Å². The summed E-state index contributed by atoms with van der Waals surface area (Å²) in [6.45, 7) is 2.22. The topological polar surface area (TPSA) is 21.8 Å². The molecule has 1 saturated heterocycles. The summed E-state index contributed by atoms with van der Waals surface area (Å²) < 4.78 is 11.0. The number of fused-ring (bicyclic) bond motifs is 3. The van der Waals surface area contributed by atoms with Gasteiger partial charge >= 0.3 is 0 Å². The van der Waals surface area contributed by atoms with Crippen LogP contribution in [0.1, 0.15) is 26.2 Å². The van der Waals surface area contributed by atoms with Gasteiger partial charge in [0.15, 0.2) is 0 Å². The molecule has 0 bridgehead atoms. The molecule has 3 rings (SSSR count). The molecule has 13 heavy (non-hydrogen) atoms. The van der Waals surface area contributed by atoms with Gasteiger partial charge in [-0.05, 0) is 43.9 Å². The highest BCUT2D eigenvalue weighted by molar-refractivity contribution is 5.07. The molecular formula is C11H18O2. The zero-order valence-corrected chi connectivity index (χ0v) is 8.40. The number of hydrogen-bond donors (Lipinski definition) is 0. The fourth-order valence-electron chi connectivity index (χ4n) is 3.64. The van der Waals surface area contributed by atoms with Crippen molar-refractivity contribution in [3.8, 4) is 0 Å². The second-order valence-electron chi connectivity index (χ2n) is 4.88. The minimum absolute atomic E-state index is 0.451. The molecule has 74 valence electrons. The maximum atomic E-state index is 5.59. The molecule has 1 heterocycles. The van der Waals surface area contributed by atoms with E-state index in [1.807, 2.05) is 7.11 Å². The molecule has 0 N–H and O–H groups in total.